The van der Waals surface area contributed by atoms with Crippen molar-refractivity contribution in [1.82, 2.24) is 4.98 Å². The summed E-state index contributed by atoms with van der Waals surface area (Å²) in [5.74, 6) is 0.434. The molecule has 1 N–H and O–H groups in total. The van der Waals surface area contributed by atoms with Crippen LogP contribution in [0.2, 0.25) is 0 Å². The van der Waals surface area contributed by atoms with Crippen molar-refractivity contribution in [3.8, 4) is 0 Å². The zero-order valence-corrected chi connectivity index (χ0v) is 11.3. The standard InChI is InChI=1S/C16H18N2O/c1-3-12(2)13-4-6-15(7-5-13)18-16(19)14-8-10-17-11-9-14/h4-12H,3H2,1-2H3,(H,18,19). The largest absolute Gasteiger partial charge is 0.322 e. The zero-order chi connectivity index (χ0) is 13.7. The molecule has 0 radical (unpaired) electrons. The maximum atomic E-state index is 12.0. The molecule has 2 rings (SSSR count). The van der Waals surface area contributed by atoms with Gasteiger partial charge in [-0.05, 0) is 42.2 Å². The minimum Gasteiger partial charge on any atom is -0.322 e. The Morgan fingerprint density at radius 2 is 1.79 bits per heavy atom. The molecule has 1 aromatic heterocycles. The molecule has 0 aliphatic carbocycles. The van der Waals surface area contributed by atoms with E-state index in [9.17, 15) is 4.79 Å². The molecule has 98 valence electrons. The molecule has 0 spiro atoms. The lowest BCUT2D eigenvalue weighted by molar-refractivity contribution is 0.102. The lowest BCUT2D eigenvalue weighted by Crippen LogP contribution is -2.11. The Kier molecular flexibility index (Phi) is 4.29. The number of pyridine rings is 1. The van der Waals surface area contributed by atoms with Crippen molar-refractivity contribution in [1.29, 1.82) is 0 Å². The molecule has 1 aromatic carbocycles. The molecule has 1 atom stereocenters. The van der Waals surface area contributed by atoms with E-state index in [1.807, 2.05) is 12.1 Å². The molecule has 1 unspecified atom stereocenters. The van der Waals surface area contributed by atoms with E-state index < -0.39 is 0 Å². The summed E-state index contributed by atoms with van der Waals surface area (Å²) in [4.78, 5) is 15.8. The van der Waals surface area contributed by atoms with E-state index in [2.05, 4.69) is 36.3 Å². The van der Waals surface area contributed by atoms with Crippen LogP contribution in [0.1, 0.15) is 42.1 Å². The van der Waals surface area contributed by atoms with E-state index in [1.165, 1.54) is 5.56 Å². The van der Waals surface area contributed by atoms with Gasteiger partial charge in [-0.3, -0.25) is 9.78 Å². The maximum absolute atomic E-state index is 12.0. The molecule has 2 aromatic rings. The fourth-order valence-electron chi connectivity index (χ4n) is 1.84. The number of carbonyl (C=O) groups excluding carboxylic acids is 1. The van der Waals surface area contributed by atoms with Crippen LogP contribution in [0.3, 0.4) is 0 Å². The van der Waals surface area contributed by atoms with E-state index in [0.29, 0.717) is 11.5 Å². The van der Waals surface area contributed by atoms with Gasteiger partial charge < -0.3 is 5.32 Å². The Bertz CT molecular complexity index is 534. The number of hydrogen-bond donors (Lipinski definition) is 1. The van der Waals surface area contributed by atoms with Crippen LogP contribution in [0, 0.1) is 0 Å². The second kappa shape index (κ2) is 6.14. The van der Waals surface area contributed by atoms with Gasteiger partial charge in [0.15, 0.2) is 0 Å². The number of aromatic nitrogens is 1. The number of nitrogens with zero attached hydrogens (tertiary/aromatic N) is 1. The third kappa shape index (κ3) is 3.41. The third-order valence-electron chi connectivity index (χ3n) is 3.29. The van der Waals surface area contributed by atoms with Crippen molar-refractivity contribution >= 4 is 11.6 Å². The van der Waals surface area contributed by atoms with E-state index in [0.717, 1.165) is 12.1 Å². The topological polar surface area (TPSA) is 42.0 Å². The number of carbonyl (C=O) groups is 1. The predicted octanol–water partition coefficient (Wildman–Crippen LogP) is 3.85. The number of amides is 1. The molecule has 0 fully saturated rings. The predicted molar refractivity (Wildman–Crippen MR) is 77.3 cm³/mol. The number of hydrogen-bond acceptors (Lipinski definition) is 2. The van der Waals surface area contributed by atoms with Gasteiger partial charge in [-0.25, -0.2) is 0 Å². The number of benzene rings is 1. The molecule has 3 heteroatoms. The first-order chi connectivity index (χ1) is 9.20. The second-order valence-electron chi connectivity index (χ2n) is 4.62. The Morgan fingerprint density at radius 1 is 1.16 bits per heavy atom. The van der Waals surface area contributed by atoms with Crippen LogP contribution < -0.4 is 5.32 Å². The molecule has 0 saturated carbocycles. The fourth-order valence-corrected chi connectivity index (χ4v) is 1.84. The average molecular weight is 254 g/mol. The van der Waals surface area contributed by atoms with E-state index in [4.69, 9.17) is 0 Å². The van der Waals surface area contributed by atoms with Gasteiger partial charge >= 0.3 is 0 Å². The number of anilines is 1. The van der Waals surface area contributed by atoms with Crippen molar-refractivity contribution < 1.29 is 4.79 Å². The summed E-state index contributed by atoms with van der Waals surface area (Å²) >= 11 is 0. The average Bonchev–Trinajstić information content (AvgIpc) is 2.48. The SMILES string of the molecule is CCC(C)c1ccc(NC(=O)c2ccncc2)cc1. The van der Waals surface area contributed by atoms with E-state index in [1.54, 1.807) is 24.5 Å². The van der Waals surface area contributed by atoms with Gasteiger partial charge in [0, 0.05) is 23.6 Å². The first-order valence-corrected chi connectivity index (χ1v) is 6.52. The van der Waals surface area contributed by atoms with Gasteiger partial charge in [0.25, 0.3) is 5.91 Å². The smallest absolute Gasteiger partial charge is 0.255 e. The Hall–Kier alpha value is -2.16. The van der Waals surface area contributed by atoms with Crippen LogP contribution in [-0.2, 0) is 0 Å². The first kappa shape index (κ1) is 13.3. The molecule has 0 aliphatic heterocycles. The van der Waals surface area contributed by atoms with Crippen molar-refractivity contribution in [3.63, 3.8) is 0 Å². The molecule has 0 aliphatic rings. The van der Waals surface area contributed by atoms with Crippen LogP contribution in [0.4, 0.5) is 5.69 Å². The summed E-state index contributed by atoms with van der Waals surface area (Å²) in [7, 11) is 0. The van der Waals surface area contributed by atoms with E-state index >= 15 is 0 Å². The van der Waals surface area contributed by atoms with Crippen molar-refractivity contribution in [3.05, 3.63) is 59.9 Å². The van der Waals surface area contributed by atoms with Crippen LogP contribution in [0.5, 0.6) is 0 Å². The highest BCUT2D eigenvalue weighted by Crippen LogP contribution is 2.20. The summed E-state index contributed by atoms with van der Waals surface area (Å²) in [5.41, 5.74) is 2.72. The van der Waals surface area contributed by atoms with Crippen molar-refractivity contribution in [2.24, 2.45) is 0 Å². The number of nitrogens with one attached hydrogen (secondary N) is 1. The summed E-state index contributed by atoms with van der Waals surface area (Å²) in [6.45, 7) is 4.37. The molecule has 1 heterocycles. The number of rotatable bonds is 4. The first-order valence-electron chi connectivity index (χ1n) is 6.52. The highest BCUT2D eigenvalue weighted by Gasteiger charge is 2.06. The Labute approximate surface area is 113 Å². The van der Waals surface area contributed by atoms with E-state index in [-0.39, 0.29) is 5.91 Å². The molecule has 3 nitrogen and oxygen atoms in total. The quantitative estimate of drug-likeness (QED) is 0.900. The normalized spacial score (nSPS) is 11.9. The van der Waals surface area contributed by atoms with Crippen LogP contribution in [0.15, 0.2) is 48.8 Å². The maximum Gasteiger partial charge on any atom is 0.255 e. The van der Waals surface area contributed by atoms with Gasteiger partial charge in [0.1, 0.15) is 0 Å². The molecular formula is C16H18N2O. The molecule has 19 heavy (non-hydrogen) atoms. The van der Waals surface area contributed by atoms with Crippen LogP contribution in [0.25, 0.3) is 0 Å². The minimum atomic E-state index is -0.112. The highest BCUT2D eigenvalue weighted by molar-refractivity contribution is 6.04. The molecule has 0 saturated heterocycles. The highest BCUT2D eigenvalue weighted by atomic mass is 16.1. The van der Waals surface area contributed by atoms with Crippen LogP contribution in [-0.4, -0.2) is 10.9 Å². The van der Waals surface area contributed by atoms with Crippen molar-refractivity contribution in [2.45, 2.75) is 26.2 Å². The Morgan fingerprint density at radius 3 is 2.37 bits per heavy atom. The van der Waals surface area contributed by atoms with Gasteiger partial charge in [-0.15, -0.1) is 0 Å². The molecule has 0 bridgehead atoms. The zero-order valence-electron chi connectivity index (χ0n) is 11.3. The summed E-state index contributed by atoms with van der Waals surface area (Å²) in [6, 6.07) is 11.4. The van der Waals surface area contributed by atoms with Gasteiger partial charge in [-0.1, -0.05) is 26.0 Å². The van der Waals surface area contributed by atoms with Crippen molar-refractivity contribution in [2.75, 3.05) is 5.32 Å². The van der Waals surface area contributed by atoms with Crippen LogP contribution >= 0.6 is 0 Å². The monoisotopic (exact) mass is 254 g/mol. The third-order valence-corrected chi connectivity index (χ3v) is 3.29. The summed E-state index contributed by atoms with van der Waals surface area (Å²) < 4.78 is 0. The van der Waals surface area contributed by atoms with Gasteiger partial charge in [0.2, 0.25) is 0 Å². The molecule has 1 amide bonds. The summed E-state index contributed by atoms with van der Waals surface area (Å²) in [6.07, 6.45) is 4.34. The summed E-state index contributed by atoms with van der Waals surface area (Å²) in [5, 5.41) is 2.88. The lowest BCUT2D eigenvalue weighted by atomic mass is 9.98. The lowest BCUT2D eigenvalue weighted by Gasteiger charge is -2.10. The fraction of sp³-hybridized carbons (Fsp3) is 0.250. The molecular weight excluding hydrogens is 236 g/mol. The Balaban J connectivity index is 2.06. The second-order valence-corrected chi connectivity index (χ2v) is 4.62. The minimum absolute atomic E-state index is 0.112. The van der Waals surface area contributed by atoms with Gasteiger partial charge in [0.05, 0.1) is 0 Å². The van der Waals surface area contributed by atoms with Gasteiger partial charge in [-0.2, -0.15) is 0 Å².